The van der Waals surface area contributed by atoms with Gasteiger partial charge in [0.05, 0.1) is 34.0 Å². The van der Waals surface area contributed by atoms with Crippen LogP contribution in [0.4, 0.5) is 5.69 Å². The first-order chi connectivity index (χ1) is 13.0. The molecule has 8 heteroatoms. The fourth-order valence-corrected chi connectivity index (χ4v) is 3.22. The number of imide groups is 1. The highest BCUT2D eigenvalue weighted by Gasteiger charge is 2.38. The Morgan fingerprint density at radius 3 is 2.52 bits per heavy atom. The van der Waals surface area contributed by atoms with Gasteiger partial charge in [-0.25, -0.2) is 14.5 Å². The third-order valence-corrected chi connectivity index (χ3v) is 4.67. The second kappa shape index (κ2) is 6.51. The fourth-order valence-electron chi connectivity index (χ4n) is 3.00. The van der Waals surface area contributed by atoms with Crippen LogP contribution in [-0.4, -0.2) is 36.5 Å². The van der Waals surface area contributed by atoms with Crippen molar-refractivity contribution < 1.29 is 28.7 Å². The molecule has 27 heavy (non-hydrogen) atoms. The molecule has 2 aromatic carbocycles. The molecule has 1 atom stereocenters. The highest BCUT2D eigenvalue weighted by Crippen LogP contribution is 2.33. The van der Waals surface area contributed by atoms with Crippen LogP contribution < -0.4 is 4.90 Å². The molecule has 0 bridgehead atoms. The predicted octanol–water partition coefficient (Wildman–Crippen LogP) is 2.61. The van der Waals surface area contributed by atoms with Crippen LogP contribution in [0.3, 0.4) is 0 Å². The number of esters is 2. The normalized spacial score (nSPS) is 18.5. The molecule has 0 N–H and O–H groups in total. The Kier molecular flexibility index (Phi) is 4.16. The smallest absolute Gasteiger partial charge is 0.347 e. The average Bonchev–Trinajstić information content (AvgIpc) is 3.17. The van der Waals surface area contributed by atoms with Crippen LogP contribution in [0.2, 0.25) is 5.02 Å². The highest BCUT2D eigenvalue weighted by atomic mass is 35.5. The molecule has 0 aliphatic carbocycles. The van der Waals surface area contributed by atoms with E-state index in [1.54, 1.807) is 24.3 Å². The number of fused-ring (bicyclic) bond motifs is 1. The van der Waals surface area contributed by atoms with Crippen molar-refractivity contribution >= 4 is 41.0 Å². The van der Waals surface area contributed by atoms with Crippen LogP contribution in [0.25, 0.3) is 0 Å². The first-order valence-electron chi connectivity index (χ1n) is 8.12. The number of hydrogen-bond acceptors (Lipinski definition) is 6. The Morgan fingerprint density at radius 2 is 1.81 bits per heavy atom. The molecule has 0 radical (unpaired) electrons. The number of halogens is 1. The van der Waals surface area contributed by atoms with E-state index >= 15 is 0 Å². The number of amides is 2. The zero-order valence-electron chi connectivity index (χ0n) is 13.8. The quantitative estimate of drug-likeness (QED) is 0.596. The molecule has 2 heterocycles. The van der Waals surface area contributed by atoms with Crippen molar-refractivity contribution in [1.29, 1.82) is 0 Å². The fraction of sp³-hybridized carbons (Fsp3) is 0.158. The number of carbonyl (C=O) groups excluding carboxylic acids is 4. The number of carbonyl (C=O) groups is 4. The van der Waals surface area contributed by atoms with Crippen molar-refractivity contribution in [3.63, 3.8) is 0 Å². The number of nitrogens with zero attached hydrogens (tertiary/aromatic N) is 1. The van der Waals surface area contributed by atoms with Gasteiger partial charge in [0.1, 0.15) is 0 Å². The number of para-hydroxylation sites is 1. The van der Waals surface area contributed by atoms with Crippen molar-refractivity contribution in [2.45, 2.75) is 12.5 Å². The van der Waals surface area contributed by atoms with Gasteiger partial charge in [-0.05, 0) is 30.3 Å². The Hall–Kier alpha value is -3.19. The lowest BCUT2D eigenvalue weighted by Crippen LogP contribution is -2.29. The number of ether oxygens (including phenoxy) is 2. The first-order valence-corrected chi connectivity index (χ1v) is 8.50. The molecule has 0 saturated carbocycles. The zero-order chi connectivity index (χ0) is 19.1. The van der Waals surface area contributed by atoms with Crippen LogP contribution in [-0.2, 0) is 14.3 Å². The van der Waals surface area contributed by atoms with Gasteiger partial charge in [0.25, 0.3) is 11.8 Å². The summed E-state index contributed by atoms with van der Waals surface area (Å²) in [4.78, 5) is 50.1. The summed E-state index contributed by atoms with van der Waals surface area (Å²) >= 11 is 6.10. The molecular formula is C19H12ClNO6. The van der Waals surface area contributed by atoms with Crippen LogP contribution in [0, 0.1) is 0 Å². The summed E-state index contributed by atoms with van der Waals surface area (Å²) in [5, 5.41) is 0.256. The molecule has 0 spiro atoms. The van der Waals surface area contributed by atoms with Crippen LogP contribution in [0.5, 0.6) is 0 Å². The molecule has 1 saturated heterocycles. The Labute approximate surface area is 158 Å². The van der Waals surface area contributed by atoms with Gasteiger partial charge >= 0.3 is 11.9 Å². The molecule has 4 rings (SSSR count). The van der Waals surface area contributed by atoms with Gasteiger partial charge < -0.3 is 9.47 Å². The summed E-state index contributed by atoms with van der Waals surface area (Å²) in [6.07, 6.45) is -0.671. The Morgan fingerprint density at radius 1 is 1.07 bits per heavy atom. The van der Waals surface area contributed by atoms with E-state index in [1.807, 2.05) is 0 Å². The molecule has 2 amide bonds. The summed E-state index contributed by atoms with van der Waals surface area (Å²) in [7, 11) is 0. The summed E-state index contributed by atoms with van der Waals surface area (Å²) in [6, 6.07) is 10.5. The minimum Gasteiger partial charge on any atom is -0.463 e. The van der Waals surface area contributed by atoms with Crippen molar-refractivity contribution in [1.82, 2.24) is 0 Å². The predicted molar refractivity (Wildman–Crippen MR) is 93.8 cm³/mol. The van der Waals surface area contributed by atoms with Gasteiger partial charge in [-0.3, -0.25) is 9.59 Å². The molecule has 2 aromatic rings. The second-order valence-corrected chi connectivity index (χ2v) is 6.41. The van der Waals surface area contributed by atoms with Crippen molar-refractivity contribution in [3.8, 4) is 0 Å². The van der Waals surface area contributed by atoms with Gasteiger partial charge in [0, 0.05) is 6.42 Å². The molecule has 0 aromatic heterocycles. The maximum absolute atomic E-state index is 12.8. The maximum Gasteiger partial charge on any atom is 0.347 e. The van der Waals surface area contributed by atoms with Gasteiger partial charge in [-0.15, -0.1) is 0 Å². The molecular weight excluding hydrogens is 374 g/mol. The van der Waals surface area contributed by atoms with E-state index in [-0.39, 0.29) is 40.4 Å². The lowest BCUT2D eigenvalue weighted by Gasteiger charge is -2.15. The SMILES string of the molecule is O=C(O[C@H]1CCOC1=O)c1ccc2c(c1)C(=O)N(c1ccccc1Cl)C2=O. The lowest BCUT2D eigenvalue weighted by molar-refractivity contribution is -0.145. The van der Waals surface area contributed by atoms with Crippen molar-refractivity contribution in [2.75, 3.05) is 11.5 Å². The molecule has 1 fully saturated rings. The molecule has 2 aliphatic rings. The van der Waals surface area contributed by atoms with Crippen LogP contribution in [0.1, 0.15) is 37.5 Å². The standard InChI is InChI=1S/C19H12ClNO6/c20-13-3-1-2-4-14(13)21-16(22)11-6-5-10(9-12(11)17(21)23)18(24)27-15-7-8-26-19(15)25/h1-6,9,15H,7-8H2/t15-/m0/s1. The number of benzene rings is 2. The Bertz CT molecular complexity index is 1000. The zero-order valence-corrected chi connectivity index (χ0v) is 14.6. The third-order valence-electron chi connectivity index (χ3n) is 4.35. The number of cyclic esters (lactones) is 1. The summed E-state index contributed by atoms with van der Waals surface area (Å²) < 4.78 is 9.87. The van der Waals surface area contributed by atoms with Crippen molar-refractivity contribution in [2.24, 2.45) is 0 Å². The molecule has 7 nitrogen and oxygen atoms in total. The highest BCUT2D eigenvalue weighted by molar-refractivity contribution is 6.39. The van der Waals surface area contributed by atoms with E-state index in [0.717, 1.165) is 4.90 Å². The summed E-state index contributed by atoms with van der Waals surface area (Å²) in [5.74, 6) is -2.47. The van der Waals surface area contributed by atoms with Gasteiger partial charge in [-0.2, -0.15) is 0 Å². The lowest BCUT2D eigenvalue weighted by atomic mass is 10.1. The monoisotopic (exact) mass is 385 g/mol. The minimum absolute atomic E-state index is 0.0654. The van der Waals surface area contributed by atoms with Gasteiger partial charge in [0.15, 0.2) is 0 Å². The van der Waals surface area contributed by atoms with E-state index in [1.165, 1.54) is 18.2 Å². The Balaban J connectivity index is 1.64. The van der Waals surface area contributed by atoms with Crippen LogP contribution >= 0.6 is 11.6 Å². The van der Waals surface area contributed by atoms with E-state index < -0.39 is 29.9 Å². The topological polar surface area (TPSA) is 90.0 Å². The van der Waals surface area contributed by atoms with E-state index in [9.17, 15) is 19.2 Å². The minimum atomic E-state index is -0.956. The molecule has 136 valence electrons. The molecule has 2 aliphatic heterocycles. The van der Waals surface area contributed by atoms with Gasteiger partial charge in [-0.1, -0.05) is 23.7 Å². The number of rotatable bonds is 3. The van der Waals surface area contributed by atoms with Crippen LogP contribution in [0.15, 0.2) is 42.5 Å². The summed E-state index contributed by atoms with van der Waals surface area (Å²) in [6.45, 7) is 0.195. The van der Waals surface area contributed by atoms with E-state index in [4.69, 9.17) is 21.1 Å². The maximum atomic E-state index is 12.8. The first kappa shape index (κ1) is 17.2. The van der Waals surface area contributed by atoms with Gasteiger partial charge in [0.2, 0.25) is 6.10 Å². The molecule has 0 unspecified atom stereocenters. The number of hydrogen-bond donors (Lipinski definition) is 0. The number of anilines is 1. The third kappa shape index (κ3) is 2.86. The van der Waals surface area contributed by atoms with E-state index in [0.29, 0.717) is 0 Å². The van der Waals surface area contributed by atoms with E-state index in [2.05, 4.69) is 0 Å². The van der Waals surface area contributed by atoms with Crippen molar-refractivity contribution in [3.05, 3.63) is 64.2 Å². The average molecular weight is 386 g/mol. The summed E-state index contributed by atoms with van der Waals surface area (Å²) in [5.41, 5.74) is 0.568. The second-order valence-electron chi connectivity index (χ2n) is 6.01. The largest absolute Gasteiger partial charge is 0.463 e.